The van der Waals surface area contributed by atoms with E-state index in [0.29, 0.717) is 38.2 Å². The van der Waals surface area contributed by atoms with Crippen LogP contribution in [0.3, 0.4) is 0 Å². The Bertz CT molecular complexity index is 673. The fraction of sp³-hybridized carbons (Fsp3) is 0.562. The van der Waals surface area contributed by atoms with Crippen LogP contribution in [0.5, 0.6) is 0 Å². The minimum atomic E-state index is -3.55. The van der Waals surface area contributed by atoms with Crippen LogP contribution >= 0.6 is 24.8 Å². The maximum Gasteiger partial charge on any atom is 0.243 e. The number of benzene rings is 1. The molecule has 10 heteroatoms. The Morgan fingerprint density at radius 3 is 2.62 bits per heavy atom. The highest BCUT2D eigenvalue weighted by atomic mass is 35.5. The number of nitrogens with zero attached hydrogens (tertiary/aromatic N) is 2. The van der Waals surface area contributed by atoms with Crippen LogP contribution < -0.4 is 11.1 Å². The second-order valence-corrected chi connectivity index (χ2v) is 7.97. The van der Waals surface area contributed by atoms with E-state index in [4.69, 9.17) is 5.73 Å². The van der Waals surface area contributed by atoms with Gasteiger partial charge >= 0.3 is 0 Å². The van der Waals surface area contributed by atoms with E-state index in [0.717, 1.165) is 19.5 Å². The molecule has 0 aliphatic carbocycles. The van der Waals surface area contributed by atoms with Crippen LogP contribution in [0, 0.1) is 0 Å². The summed E-state index contributed by atoms with van der Waals surface area (Å²) in [7, 11) is -1.56. The zero-order valence-corrected chi connectivity index (χ0v) is 17.3. The smallest absolute Gasteiger partial charge is 0.243 e. The Morgan fingerprint density at radius 2 is 1.92 bits per heavy atom. The molecule has 0 saturated carbocycles. The molecule has 0 aromatic heterocycles. The van der Waals surface area contributed by atoms with Gasteiger partial charge in [0.05, 0.1) is 4.90 Å². The molecule has 1 aromatic carbocycles. The molecule has 26 heavy (non-hydrogen) atoms. The molecule has 1 aliphatic heterocycles. The lowest BCUT2D eigenvalue weighted by atomic mass is 10.2. The number of anilines is 1. The highest BCUT2D eigenvalue weighted by molar-refractivity contribution is 7.89. The van der Waals surface area contributed by atoms with Gasteiger partial charge in [-0.2, -0.15) is 4.31 Å². The van der Waals surface area contributed by atoms with Crippen LogP contribution in [0.2, 0.25) is 0 Å². The average Bonchev–Trinajstić information content (AvgIpc) is 2.78. The first-order valence-electron chi connectivity index (χ1n) is 8.22. The lowest BCUT2D eigenvalue weighted by Gasteiger charge is -2.20. The Balaban J connectivity index is 0.00000312. The van der Waals surface area contributed by atoms with Gasteiger partial charge in [0.2, 0.25) is 15.9 Å². The third-order valence-corrected chi connectivity index (χ3v) is 5.94. The molecule has 0 unspecified atom stereocenters. The second-order valence-electron chi connectivity index (χ2n) is 6.03. The number of halogens is 2. The van der Waals surface area contributed by atoms with Gasteiger partial charge in [0, 0.05) is 31.7 Å². The molecule has 0 radical (unpaired) electrons. The van der Waals surface area contributed by atoms with Crippen molar-refractivity contribution in [1.29, 1.82) is 0 Å². The maximum absolute atomic E-state index is 12.8. The average molecular weight is 427 g/mol. The number of hydrogen-bond donors (Lipinski definition) is 2. The van der Waals surface area contributed by atoms with Gasteiger partial charge in [0.15, 0.2) is 0 Å². The zero-order chi connectivity index (χ0) is 17.6. The number of rotatable bonds is 6. The first-order valence-corrected chi connectivity index (χ1v) is 9.66. The third-order valence-electron chi connectivity index (χ3n) is 4.04. The number of nitrogens with two attached hydrogens (primary N) is 1. The third kappa shape index (κ3) is 7.02. The predicted molar refractivity (Wildman–Crippen MR) is 109 cm³/mol. The number of amides is 1. The van der Waals surface area contributed by atoms with Crippen LogP contribution in [-0.2, 0) is 14.8 Å². The Kier molecular flexibility index (Phi) is 11.3. The van der Waals surface area contributed by atoms with Crippen molar-refractivity contribution in [3.05, 3.63) is 24.3 Å². The van der Waals surface area contributed by atoms with Gasteiger partial charge in [0.25, 0.3) is 0 Å². The number of carbonyl (C=O) groups excluding carboxylic acids is 1. The summed E-state index contributed by atoms with van der Waals surface area (Å²) in [6.45, 7) is 3.05. The van der Waals surface area contributed by atoms with Crippen LogP contribution in [-0.4, -0.2) is 63.3 Å². The molecule has 0 bridgehead atoms. The van der Waals surface area contributed by atoms with Gasteiger partial charge < -0.3 is 16.0 Å². The molecular weight excluding hydrogens is 399 g/mol. The summed E-state index contributed by atoms with van der Waals surface area (Å²) in [6, 6.07) is 6.43. The zero-order valence-electron chi connectivity index (χ0n) is 14.9. The molecule has 0 atom stereocenters. The van der Waals surface area contributed by atoms with E-state index in [1.165, 1.54) is 10.4 Å². The number of sulfonamides is 1. The van der Waals surface area contributed by atoms with Gasteiger partial charge in [-0.3, -0.25) is 4.79 Å². The Hall–Kier alpha value is -0.900. The van der Waals surface area contributed by atoms with E-state index in [9.17, 15) is 13.2 Å². The minimum absolute atomic E-state index is 0. The molecule has 7 nitrogen and oxygen atoms in total. The standard InChI is InChI=1S/C16H26N4O3S.2ClH/c1-19-9-4-10-20(12-11-19)24(22,23)15-6-2-5-14(13-15)18-16(21)7-3-8-17;;/h2,5-6,13H,3-4,7-12,17H2,1H3,(H,18,21);2*1H. The number of hydrogen-bond acceptors (Lipinski definition) is 5. The predicted octanol–water partition coefficient (Wildman–Crippen LogP) is 1.53. The molecule has 1 aliphatic rings. The highest BCUT2D eigenvalue weighted by Crippen LogP contribution is 2.21. The van der Waals surface area contributed by atoms with Crippen molar-refractivity contribution in [3.63, 3.8) is 0 Å². The van der Waals surface area contributed by atoms with Gasteiger partial charge in [0.1, 0.15) is 0 Å². The topological polar surface area (TPSA) is 95.7 Å². The summed E-state index contributed by atoms with van der Waals surface area (Å²) in [5.74, 6) is -0.161. The fourth-order valence-corrected chi connectivity index (χ4v) is 4.15. The van der Waals surface area contributed by atoms with E-state index >= 15 is 0 Å². The van der Waals surface area contributed by atoms with E-state index in [2.05, 4.69) is 10.2 Å². The van der Waals surface area contributed by atoms with Crippen LogP contribution in [0.25, 0.3) is 0 Å². The molecule has 2 rings (SSSR count). The quantitative estimate of drug-likeness (QED) is 0.718. The summed E-state index contributed by atoms with van der Waals surface area (Å²) in [6.07, 6.45) is 1.74. The van der Waals surface area contributed by atoms with Crippen molar-refractivity contribution in [2.45, 2.75) is 24.2 Å². The Labute approximate surface area is 168 Å². The van der Waals surface area contributed by atoms with E-state index in [1.54, 1.807) is 18.2 Å². The van der Waals surface area contributed by atoms with Crippen molar-refractivity contribution in [1.82, 2.24) is 9.21 Å². The van der Waals surface area contributed by atoms with Crippen molar-refractivity contribution in [3.8, 4) is 0 Å². The van der Waals surface area contributed by atoms with Crippen LogP contribution in [0.4, 0.5) is 5.69 Å². The summed E-state index contributed by atoms with van der Waals surface area (Å²) in [5, 5.41) is 2.73. The molecule has 1 aromatic rings. The molecule has 1 heterocycles. The number of carbonyl (C=O) groups is 1. The van der Waals surface area contributed by atoms with Crippen molar-refractivity contribution in [2.24, 2.45) is 5.73 Å². The van der Waals surface area contributed by atoms with Gasteiger partial charge in [-0.15, -0.1) is 24.8 Å². The first-order chi connectivity index (χ1) is 11.4. The number of nitrogens with one attached hydrogen (secondary N) is 1. The second kappa shape index (κ2) is 11.7. The summed E-state index contributed by atoms with van der Waals surface area (Å²) in [4.78, 5) is 14.1. The molecule has 3 N–H and O–H groups in total. The van der Waals surface area contributed by atoms with E-state index in [-0.39, 0.29) is 35.6 Å². The van der Waals surface area contributed by atoms with E-state index in [1.807, 2.05) is 7.05 Å². The molecular formula is C16H28Cl2N4O3S. The molecule has 1 saturated heterocycles. The SMILES string of the molecule is CN1CCCN(S(=O)(=O)c2cccc(NC(=O)CCCN)c2)CC1.Cl.Cl. The normalized spacial score (nSPS) is 16.1. The molecule has 150 valence electrons. The van der Waals surface area contributed by atoms with Gasteiger partial charge in [-0.1, -0.05) is 6.07 Å². The molecule has 1 amide bonds. The monoisotopic (exact) mass is 426 g/mol. The minimum Gasteiger partial charge on any atom is -0.330 e. The summed E-state index contributed by atoms with van der Waals surface area (Å²) < 4.78 is 27.2. The Morgan fingerprint density at radius 1 is 1.19 bits per heavy atom. The van der Waals surface area contributed by atoms with Crippen LogP contribution in [0.1, 0.15) is 19.3 Å². The summed E-state index contributed by atoms with van der Waals surface area (Å²) >= 11 is 0. The summed E-state index contributed by atoms with van der Waals surface area (Å²) in [5.41, 5.74) is 5.88. The molecule has 0 spiro atoms. The van der Waals surface area contributed by atoms with Gasteiger partial charge in [-0.05, 0) is 51.2 Å². The van der Waals surface area contributed by atoms with Crippen LogP contribution in [0.15, 0.2) is 29.2 Å². The lowest BCUT2D eigenvalue weighted by Crippen LogP contribution is -2.34. The fourth-order valence-electron chi connectivity index (χ4n) is 2.63. The lowest BCUT2D eigenvalue weighted by molar-refractivity contribution is -0.116. The largest absolute Gasteiger partial charge is 0.330 e. The first kappa shape index (κ1) is 25.1. The van der Waals surface area contributed by atoms with Crippen molar-refractivity contribution < 1.29 is 13.2 Å². The number of likely N-dealkylation sites (N-methyl/N-ethyl adjacent to an activating group) is 1. The van der Waals surface area contributed by atoms with Gasteiger partial charge in [-0.25, -0.2) is 8.42 Å². The van der Waals surface area contributed by atoms with Crippen molar-refractivity contribution in [2.75, 3.05) is 45.1 Å². The highest BCUT2D eigenvalue weighted by Gasteiger charge is 2.26. The van der Waals surface area contributed by atoms with Crippen molar-refractivity contribution >= 4 is 46.4 Å². The maximum atomic E-state index is 12.8. The van der Waals surface area contributed by atoms with E-state index < -0.39 is 10.0 Å². The molecule has 1 fully saturated rings.